The van der Waals surface area contributed by atoms with Gasteiger partial charge in [0.2, 0.25) is 5.91 Å². The zero-order valence-corrected chi connectivity index (χ0v) is 22.4. The van der Waals surface area contributed by atoms with Crippen molar-refractivity contribution in [2.75, 3.05) is 17.9 Å². The van der Waals surface area contributed by atoms with Gasteiger partial charge in [0.25, 0.3) is 0 Å². The largest absolute Gasteiger partial charge is 0.490 e. The number of aromatic nitrogens is 1. The second-order valence-electron chi connectivity index (χ2n) is 8.67. The number of Topliss-reactive ketones (excluding diaryl/α,β-unsaturated/α-hetero) is 1. The van der Waals surface area contributed by atoms with Gasteiger partial charge >= 0.3 is 10.3 Å². The molecular weight excluding hydrogens is 530 g/mol. The van der Waals surface area contributed by atoms with Crippen LogP contribution in [0.25, 0.3) is 0 Å². The van der Waals surface area contributed by atoms with Crippen LogP contribution in [-0.2, 0) is 27.9 Å². The molecule has 2 heterocycles. The molecule has 0 saturated heterocycles. The number of nitrogens with one attached hydrogen (secondary N) is 2. The van der Waals surface area contributed by atoms with Crippen molar-refractivity contribution in [3.05, 3.63) is 69.7 Å². The number of amides is 1. The summed E-state index contributed by atoms with van der Waals surface area (Å²) in [7, 11) is -4.39. The molecule has 0 spiro atoms. The van der Waals surface area contributed by atoms with Crippen LogP contribution in [0.2, 0.25) is 0 Å². The van der Waals surface area contributed by atoms with Crippen LogP contribution in [0.1, 0.15) is 58.9 Å². The van der Waals surface area contributed by atoms with Gasteiger partial charge in [0.1, 0.15) is 5.01 Å². The summed E-state index contributed by atoms with van der Waals surface area (Å²) in [5.41, 5.74) is 2.23. The topological polar surface area (TPSA) is 144 Å². The van der Waals surface area contributed by atoms with Crippen molar-refractivity contribution >= 4 is 39.0 Å². The van der Waals surface area contributed by atoms with E-state index in [1.54, 1.807) is 24.3 Å². The molecule has 10 nitrogen and oxygen atoms in total. The smallest absolute Gasteiger partial charge is 0.357 e. The van der Waals surface area contributed by atoms with Crippen LogP contribution < -0.4 is 19.5 Å². The van der Waals surface area contributed by atoms with Gasteiger partial charge < -0.3 is 14.8 Å². The van der Waals surface area contributed by atoms with Crippen LogP contribution in [0.5, 0.6) is 11.5 Å². The van der Waals surface area contributed by atoms with Gasteiger partial charge in [0.15, 0.2) is 17.3 Å². The lowest BCUT2D eigenvalue weighted by atomic mass is 10.0. The van der Waals surface area contributed by atoms with Gasteiger partial charge in [-0.3, -0.25) is 18.9 Å². The summed E-state index contributed by atoms with van der Waals surface area (Å²) >= 11 is 1.43. The SMILES string of the molecule is CCc1csc(C(Cc2[c]cc(NS(=O)(=O)O)cc2)NC(=O)CCC(=O)c2ccc3c(c2)OCCCO3)n1. The number of carbonyl (C=O) groups is 2. The van der Waals surface area contributed by atoms with E-state index >= 15 is 0 Å². The van der Waals surface area contributed by atoms with Crippen LogP contribution in [0.3, 0.4) is 0 Å². The van der Waals surface area contributed by atoms with Gasteiger partial charge in [-0.05, 0) is 54.8 Å². The molecule has 0 saturated carbocycles. The summed E-state index contributed by atoms with van der Waals surface area (Å²) in [6.45, 7) is 3.07. The Balaban J connectivity index is 1.40. The molecule has 4 rings (SSSR count). The average Bonchev–Trinajstić information content (AvgIpc) is 3.25. The Morgan fingerprint density at radius 2 is 1.95 bits per heavy atom. The van der Waals surface area contributed by atoms with Gasteiger partial charge in [-0.2, -0.15) is 8.42 Å². The molecule has 1 atom stereocenters. The van der Waals surface area contributed by atoms with Crippen LogP contribution >= 0.6 is 11.3 Å². The number of rotatable bonds is 11. The second kappa shape index (κ2) is 12.4. The molecule has 3 N–H and O–H groups in total. The molecule has 12 heteroatoms. The Morgan fingerprint density at radius 3 is 2.63 bits per heavy atom. The predicted molar refractivity (Wildman–Crippen MR) is 142 cm³/mol. The molecule has 0 fully saturated rings. The number of ketones is 1. The van der Waals surface area contributed by atoms with Crippen molar-refractivity contribution < 1.29 is 32.0 Å². The Kier molecular flexibility index (Phi) is 8.97. The first-order chi connectivity index (χ1) is 18.2. The standard InChI is InChI=1S/C26H28N3O7S2/c1-2-19-16-37-26(27-19)21(14-17-4-7-20(8-5-17)29-38(32,33)34)28-25(31)11-9-22(30)18-6-10-23-24(15-18)36-13-3-12-35-23/h4,6-8,10,15-16,21,29H,2-3,9,11-14H2,1H3,(H,28,31)(H,32,33,34). The fourth-order valence-electron chi connectivity index (χ4n) is 3.84. The summed E-state index contributed by atoms with van der Waals surface area (Å²) in [5, 5.41) is 5.63. The van der Waals surface area contributed by atoms with Crippen molar-refractivity contribution in [3.63, 3.8) is 0 Å². The van der Waals surface area contributed by atoms with E-state index in [4.69, 9.17) is 14.0 Å². The Labute approximate surface area is 225 Å². The number of fused-ring (bicyclic) bond motifs is 1. The van der Waals surface area contributed by atoms with Crippen LogP contribution in [0.15, 0.2) is 41.8 Å². The van der Waals surface area contributed by atoms with E-state index in [0.717, 1.165) is 23.5 Å². The minimum atomic E-state index is -4.39. The van der Waals surface area contributed by atoms with Gasteiger partial charge in [-0.25, -0.2) is 4.98 Å². The molecule has 38 heavy (non-hydrogen) atoms. The number of hydrogen-bond acceptors (Lipinski definition) is 8. The third-order valence-corrected chi connectivity index (χ3v) is 7.26. The molecule has 0 bridgehead atoms. The van der Waals surface area contributed by atoms with E-state index in [2.05, 4.69) is 16.4 Å². The highest BCUT2D eigenvalue weighted by atomic mass is 32.2. The van der Waals surface area contributed by atoms with Crippen molar-refractivity contribution in [3.8, 4) is 11.5 Å². The van der Waals surface area contributed by atoms with Gasteiger partial charge in [-0.15, -0.1) is 11.3 Å². The molecular formula is C26H28N3O7S2. The van der Waals surface area contributed by atoms with Crippen molar-refractivity contribution in [2.45, 2.75) is 45.1 Å². The molecule has 1 radical (unpaired) electrons. The molecule has 1 aromatic heterocycles. The first-order valence-electron chi connectivity index (χ1n) is 12.1. The second-order valence-corrected chi connectivity index (χ2v) is 10.7. The Bertz CT molecular complexity index is 1390. The van der Waals surface area contributed by atoms with Crippen LogP contribution in [0, 0.1) is 6.07 Å². The molecule has 1 aliphatic heterocycles. The first kappa shape index (κ1) is 27.6. The number of carbonyl (C=O) groups excluding carboxylic acids is 2. The fourth-order valence-corrected chi connectivity index (χ4v) is 5.21. The Morgan fingerprint density at radius 1 is 1.16 bits per heavy atom. The highest BCUT2D eigenvalue weighted by molar-refractivity contribution is 7.87. The number of nitrogens with zero attached hydrogens (tertiary/aromatic N) is 1. The molecule has 201 valence electrons. The molecule has 2 aromatic carbocycles. The lowest BCUT2D eigenvalue weighted by Gasteiger charge is -2.17. The van der Waals surface area contributed by atoms with Crippen LogP contribution in [0.4, 0.5) is 5.69 Å². The average molecular weight is 559 g/mol. The number of thiazole rings is 1. The number of aryl methyl sites for hydroxylation is 1. The van der Waals surface area contributed by atoms with Crippen molar-refractivity contribution in [2.24, 2.45) is 0 Å². The van der Waals surface area contributed by atoms with E-state index < -0.39 is 16.3 Å². The predicted octanol–water partition coefficient (Wildman–Crippen LogP) is 3.94. The highest BCUT2D eigenvalue weighted by Gasteiger charge is 2.21. The normalized spacial score (nSPS) is 13.8. The molecule has 1 amide bonds. The third-order valence-electron chi connectivity index (χ3n) is 5.76. The van der Waals surface area contributed by atoms with E-state index in [1.807, 2.05) is 17.0 Å². The molecule has 0 aliphatic carbocycles. The summed E-state index contributed by atoms with van der Waals surface area (Å²) < 4.78 is 44.2. The molecule has 1 unspecified atom stereocenters. The maximum atomic E-state index is 12.9. The summed E-state index contributed by atoms with van der Waals surface area (Å²) in [5.74, 6) is 0.663. The monoisotopic (exact) mass is 558 g/mol. The van der Waals surface area contributed by atoms with Gasteiger partial charge in [0.05, 0.1) is 30.6 Å². The Hall–Kier alpha value is -3.48. The summed E-state index contributed by atoms with van der Waals surface area (Å²) in [6, 6.07) is 12.1. The first-order valence-corrected chi connectivity index (χ1v) is 14.4. The zero-order valence-electron chi connectivity index (χ0n) is 20.7. The van der Waals surface area contributed by atoms with Gasteiger partial charge in [0, 0.05) is 30.2 Å². The van der Waals surface area contributed by atoms with E-state index in [0.29, 0.717) is 42.3 Å². The van der Waals surface area contributed by atoms with Crippen molar-refractivity contribution in [1.82, 2.24) is 10.3 Å². The minimum Gasteiger partial charge on any atom is -0.490 e. The van der Waals surface area contributed by atoms with E-state index in [-0.39, 0.29) is 30.2 Å². The number of benzene rings is 2. The lowest BCUT2D eigenvalue weighted by molar-refractivity contribution is -0.121. The number of ether oxygens (including phenoxy) is 2. The van der Waals surface area contributed by atoms with E-state index in [1.165, 1.54) is 23.5 Å². The van der Waals surface area contributed by atoms with Crippen LogP contribution in [-0.4, -0.2) is 42.9 Å². The van der Waals surface area contributed by atoms with Gasteiger partial charge in [-0.1, -0.05) is 13.0 Å². The fraction of sp³-hybridized carbons (Fsp3) is 0.346. The summed E-state index contributed by atoms with van der Waals surface area (Å²) in [6.07, 6.45) is 1.89. The molecule has 3 aromatic rings. The highest BCUT2D eigenvalue weighted by Crippen LogP contribution is 2.31. The third kappa shape index (κ3) is 7.76. The summed E-state index contributed by atoms with van der Waals surface area (Å²) in [4.78, 5) is 30.3. The zero-order chi connectivity index (χ0) is 27.1. The number of anilines is 1. The minimum absolute atomic E-state index is 0.00326. The number of hydrogen-bond donors (Lipinski definition) is 3. The van der Waals surface area contributed by atoms with Crippen molar-refractivity contribution in [1.29, 1.82) is 0 Å². The molecule has 1 aliphatic rings. The maximum absolute atomic E-state index is 12.9. The quantitative estimate of drug-likeness (QED) is 0.237. The lowest BCUT2D eigenvalue weighted by Crippen LogP contribution is -2.30. The maximum Gasteiger partial charge on any atom is 0.357 e. The van der Waals surface area contributed by atoms with E-state index in [9.17, 15) is 18.0 Å².